The van der Waals surface area contributed by atoms with Crippen LogP contribution < -0.4 is 10.5 Å². The number of nitrogens with two attached hydrogens (primary N) is 1. The molecule has 3 N–H and O–H groups in total. The highest BCUT2D eigenvalue weighted by Crippen LogP contribution is 2.11. The number of ether oxygens (including phenoxy) is 2. The van der Waals surface area contributed by atoms with Crippen LogP contribution in [0.2, 0.25) is 0 Å². The highest BCUT2D eigenvalue weighted by molar-refractivity contribution is 14.0. The quantitative estimate of drug-likeness (QED) is 0.321. The van der Waals surface area contributed by atoms with Crippen molar-refractivity contribution < 1.29 is 17.9 Å². The SMILES string of the molecule is CC1CN(C(N)=NCCS(=O)(=O)NCC2CCCCO2)CCO1.I. The second-order valence-corrected chi connectivity index (χ2v) is 7.95. The summed E-state index contributed by atoms with van der Waals surface area (Å²) in [6, 6.07) is 0. The van der Waals surface area contributed by atoms with Crippen LogP contribution in [0.3, 0.4) is 0 Å². The van der Waals surface area contributed by atoms with E-state index in [0.717, 1.165) is 19.3 Å². The lowest BCUT2D eigenvalue weighted by molar-refractivity contribution is 0.00531. The molecule has 2 saturated heterocycles. The number of nitrogens with zero attached hydrogens (tertiary/aromatic N) is 2. The van der Waals surface area contributed by atoms with Gasteiger partial charge >= 0.3 is 0 Å². The van der Waals surface area contributed by atoms with Gasteiger partial charge in [0.05, 0.1) is 31.1 Å². The van der Waals surface area contributed by atoms with Gasteiger partial charge in [0.1, 0.15) is 0 Å². The second kappa shape index (κ2) is 10.7. The Labute approximate surface area is 161 Å². The minimum atomic E-state index is -3.35. The van der Waals surface area contributed by atoms with E-state index >= 15 is 0 Å². The number of rotatable bonds is 6. The van der Waals surface area contributed by atoms with Crippen molar-refractivity contribution >= 4 is 40.0 Å². The number of halogens is 1. The van der Waals surface area contributed by atoms with Crippen LogP contribution in [0.15, 0.2) is 4.99 Å². The lowest BCUT2D eigenvalue weighted by Crippen LogP contribution is -2.48. The van der Waals surface area contributed by atoms with Gasteiger partial charge in [0.2, 0.25) is 10.0 Å². The highest BCUT2D eigenvalue weighted by Gasteiger charge is 2.19. The molecule has 2 atom stereocenters. The second-order valence-electron chi connectivity index (χ2n) is 6.02. The van der Waals surface area contributed by atoms with Crippen LogP contribution in [-0.4, -0.2) is 76.6 Å². The summed E-state index contributed by atoms with van der Waals surface area (Å²) < 4.78 is 37.5. The molecular weight excluding hydrogens is 447 g/mol. The predicted molar refractivity (Wildman–Crippen MR) is 104 cm³/mol. The molecule has 2 fully saturated rings. The van der Waals surface area contributed by atoms with E-state index in [2.05, 4.69) is 9.71 Å². The Kier molecular flexibility index (Phi) is 9.79. The molecule has 0 aromatic heterocycles. The van der Waals surface area contributed by atoms with Gasteiger partial charge in [-0.3, -0.25) is 4.99 Å². The Morgan fingerprint density at radius 2 is 2.12 bits per heavy atom. The monoisotopic (exact) mass is 476 g/mol. The average molecular weight is 476 g/mol. The minimum Gasteiger partial charge on any atom is -0.377 e. The van der Waals surface area contributed by atoms with Gasteiger partial charge in [-0.05, 0) is 26.2 Å². The van der Waals surface area contributed by atoms with Crippen LogP contribution in [0.1, 0.15) is 26.2 Å². The smallest absolute Gasteiger partial charge is 0.213 e. The molecule has 2 heterocycles. The highest BCUT2D eigenvalue weighted by atomic mass is 127. The lowest BCUT2D eigenvalue weighted by atomic mass is 10.1. The number of guanidine groups is 1. The third kappa shape index (κ3) is 7.81. The molecule has 8 nitrogen and oxygen atoms in total. The number of morpholine rings is 1. The summed E-state index contributed by atoms with van der Waals surface area (Å²) in [7, 11) is -3.35. The Bertz CT molecular complexity index is 497. The summed E-state index contributed by atoms with van der Waals surface area (Å²) in [5, 5.41) is 0. The summed E-state index contributed by atoms with van der Waals surface area (Å²) in [6.45, 7) is 5.15. The molecule has 2 rings (SSSR count). The van der Waals surface area contributed by atoms with Gasteiger partial charge in [-0.1, -0.05) is 0 Å². The molecule has 0 radical (unpaired) electrons. The van der Waals surface area contributed by atoms with Gasteiger partial charge in [0.25, 0.3) is 0 Å². The lowest BCUT2D eigenvalue weighted by Gasteiger charge is -2.31. The zero-order valence-corrected chi connectivity index (χ0v) is 17.3. The molecule has 0 bridgehead atoms. The van der Waals surface area contributed by atoms with Crippen LogP contribution in [0.4, 0.5) is 0 Å². The number of sulfonamides is 1. The number of hydrogen-bond donors (Lipinski definition) is 2. The van der Waals surface area contributed by atoms with Gasteiger partial charge in [0, 0.05) is 26.2 Å². The van der Waals surface area contributed by atoms with Crippen molar-refractivity contribution in [2.75, 3.05) is 45.1 Å². The molecule has 2 aliphatic rings. The summed E-state index contributed by atoms with van der Waals surface area (Å²) in [4.78, 5) is 6.10. The van der Waals surface area contributed by atoms with Crippen molar-refractivity contribution in [1.82, 2.24) is 9.62 Å². The van der Waals surface area contributed by atoms with E-state index in [1.165, 1.54) is 0 Å². The van der Waals surface area contributed by atoms with Crippen molar-refractivity contribution in [3.05, 3.63) is 0 Å². The van der Waals surface area contributed by atoms with E-state index in [1.54, 1.807) is 0 Å². The molecule has 2 unspecified atom stereocenters. The first-order chi connectivity index (χ1) is 11.0. The summed E-state index contributed by atoms with van der Waals surface area (Å²) in [5.41, 5.74) is 5.92. The third-order valence-electron chi connectivity index (χ3n) is 4.00. The Morgan fingerprint density at radius 3 is 2.79 bits per heavy atom. The van der Waals surface area contributed by atoms with Crippen LogP contribution in [0.25, 0.3) is 0 Å². The largest absolute Gasteiger partial charge is 0.377 e. The molecule has 0 spiro atoms. The molecule has 0 amide bonds. The zero-order valence-electron chi connectivity index (χ0n) is 14.1. The van der Waals surface area contributed by atoms with Gasteiger partial charge in [-0.15, -0.1) is 24.0 Å². The fourth-order valence-corrected chi connectivity index (χ4v) is 3.58. The minimum absolute atomic E-state index is 0. The van der Waals surface area contributed by atoms with E-state index in [0.29, 0.717) is 38.8 Å². The first-order valence-electron chi connectivity index (χ1n) is 8.22. The summed E-state index contributed by atoms with van der Waals surface area (Å²) in [5.74, 6) is 0.311. The van der Waals surface area contributed by atoms with Crippen LogP contribution in [0, 0.1) is 0 Å². The molecule has 0 saturated carbocycles. The predicted octanol–water partition coefficient (Wildman–Crippen LogP) is 0.128. The van der Waals surface area contributed by atoms with Crippen molar-refractivity contribution in [2.24, 2.45) is 10.7 Å². The Balaban J connectivity index is 0.00000288. The summed E-state index contributed by atoms with van der Waals surface area (Å²) in [6.07, 6.45) is 3.14. The van der Waals surface area contributed by atoms with Crippen molar-refractivity contribution in [1.29, 1.82) is 0 Å². The van der Waals surface area contributed by atoms with E-state index < -0.39 is 10.0 Å². The van der Waals surface area contributed by atoms with Crippen LogP contribution >= 0.6 is 24.0 Å². The fraction of sp³-hybridized carbons (Fsp3) is 0.929. The van der Waals surface area contributed by atoms with Gasteiger partial charge in [0.15, 0.2) is 5.96 Å². The molecule has 142 valence electrons. The van der Waals surface area contributed by atoms with Gasteiger partial charge in [-0.25, -0.2) is 13.1 Å². The first-order valence-corrected chi connectivity index (χ1v) is 9.87. The summed E-state index contributed by atoms with van der Waals surface area (Å²) >= 11 is 0. The maximum Gasteiger partial charge on any atom is 0.213 e. The topological polar surface area (TPSA) is 106 Å². The van der Waals surface area contributed by atoms with Gasteiger partial charge in [-0.2, -0.15) is 0 Å². The van der Waals surface area contributed by atoms with Gasteiger partial charge < -0.3 is 20.1 Å². The van der Waals surface area contributed by atoms with Crippen molar-refractivity contribution in [3.63, 3.8) is 0 Å². The molecule has 24 heavy (non-hydrogen) atoms. The number of nitrogens with one attached hydrogen (secondary N) is 1. The maximum absolute atomic E-state index is 12.0. The van der Waals surface area contributed by atoms with Crippen LogP contribution in [0.5, 0.6) is 0 Å². The standard InChI is InChI=1S/C14H28N4O4S.HI/c1-12-11-18(6-8-21-12)14(15)16-5-9-23(19,20)17-10-13-4-2-3-7-22-13;/h12-13,17H,2-11H2,1H3,(H2,15,16);1H. The molecule has 0 aliphatic carbocycles. The molecule has 10 heteroatoms. The zero-order chi connectivity index (χ0) is 16.7. The Hall–Kier alpha value is -0.170. The molecule has 0 aromatic rings. The molecule has 0 aromatic carbocycles. The average Bonchev–Trinajstić information content (AvgIpc) is 2.54. The van der Waals surface area contributed by atoms with E-state index in [-0.39, 0.29) is 48.5 Å². The van der Waals surface area contributed by atoms with Crippen molar-refractivity contribution in [2.45, 2.75) is 38.4 Å². The van der Waals surface area contributed by atoms with E-state index in [4.69, 9.17) is 15.2 Å². The van der Waals surface area contributed by atoms with Crippen LogP contribution in [-0.2, 0) is 19.5 Å². The van der Waals surface area contributed by atoms with E-state index in [1.807, 2.05) is 11.8 Å². The van der Waals surface area contributed by atoms with E-state index in [9.17, 15) is 8.42 Å². The third-order valence-corrected chi connectivity index (χ3v) is 5.33. The maximum atomic E-state index is 12.0. The Morgan fingerprint density at radius 1 is 1.33 bits per heavy atom. The van der Waals surface area contributed by atoms with Crippen molar-refractivity contribution in [3.8, 4) is 0 Å². The number of hydrogen-bond acceptors (Lipinski definition) is 5. The first kappa shape index (κ1) is 21.9. The molecule has 2 aliphatic heterocycles. The fourth-order valence-electron chi connectivity index (χ4n) is 2.67. The normalized spacial score (nSPS) is 26.0. The number of aliphatic imine (C=N–C) groups is 1. The molecular formula is C14H29IN4O4S.